The van der Waals surface area contributed by atoms with Crippen molar-refractivity contribution in [3.63, 3.8) is 0 Å². The second-order valence-electron chi connectivity index (χ2n) is 5.01. The number of hydrogen-bond acceptors (Lipinski definition) is 5. The van der Waals surface area contributed by atoms with Gasteiger partial charge in [0.05, 0.1) is 13.5 Å². The lowest BCUT2D eigenvalue weighted by atomic mass is 10.1. The van der Waals surface area contributed by atoms with Gasteiger partial charge in [-0.05, 0) is 26.7 Å². The van der Waals surface area contributed by atoms with Crippen LogP contribution in [0.5, 0.6) is 0 Å². The zero-order valence-electron chi connectivity index (χ0n) is 14.4. The maximum atomic E-state index is 12.3. The van der Waals surface area contributed by atoms with Gasteiger partial charge in [0.25, 0.3) is 0 Å². The van der Waals surface area contributed by atoms with E-state index in [4.69, 9.17) is 0 Å². The number of amides is 2. The van der Waals surface area contributed by atoms with E-state index in [9.17, 15) is 24.3 Å². The molecule has 7 heteroatoms. The lowest BCUT2D eigenvalue weighted by molar-refractivity contribution is -0.161. The van der Waals surface area contributed by atoms with Crippen molar-refractivity contribution in [1.29, 1.82) is 0 Å². The summed E-state index contributed by atoms with van der Waals surface area (Å²) in [5.74, 6) is -3.45. The summed E-state index contributed by atoms with van der Waals surface area (Å²) in [5, 5.41) is 9.35. The third-order valence-electron chi connectivity index (χ3n) is 3.24. The van der Waals surface area contributed by atoms with E-state index in [1.54, 1.807) is 38.2 Å². The Balaban J connectivity index is 5.36. The van der Waals surface area contributed by atoms with Crippen LogP contribution < -0.4 is 0 Å². The number of carboxylic acids is 1. The summed E-state index contributed by atoms with van der Waals surface area (Å²) in [6, 6.07) is -1.56. The SMILES string of the molecule is C/C=C/CCC(=O)N(C(=O)CC/C=C/C)C(CC(=O)OC)C(=O)O. The number of methoxy groups -OCH3 is 1. The highest BCUT2D eigenvalue weighted by molar-refractivity contribution is 6.00. The molecule has 0 bridgehead atoms. The summed E-state index contributed by atoms with van der Waals surface area (Å²) in [7, 11) is 1.12. The first kappa shape index (κ1) is 21.6. The van der Waals surface area contributed by atoms with Crippen molar-refractivity contribution in [1.82, 2.24) is 4.90 Å². The van der Waals surface area contributed by atoms with E-state index in [1.807, 2.05) is 0 Å². The number of allylic oxidation sites excluding steroid dienone is 4. The van der Waals surface area contributed by atoms with E-state index < -0.39 is 36.2 Å². The lowest BCUT2D eigenvalue weighted by Crippen LogP contribution is -2.49. The summed E-state index contributed by atoms with van der Waals surface area (Å²) in [6.45, 7) is 3.59. The predicted octanol–water partition coefficient (Wildman–Crippen LogP) is 2.07. The number of ether oxygens (including phenoxy) is 1. The average Bonchev–Trinajstić information content (AvgIpc) is 2.54. The van der Waals surface area contributed by atoms with Gasteiger partial charge in [0.1, 0.15) is 6.04 Å². The maximum Gasteiger partial charge on any atom is 0.327 e. The van der Waals surface area contributed by atoms with Gasteiger partial charge in [-0.25, -0.2) is 4.79 Å². The van der Waals surface area contributed by atoms with Gasteiger partial charge in [0, 0.05) is 12.8 Å². The van der Waals surface area contributed by atoms with Gasteiger partial charge in [-0.3, -0.25) is 19.3 Å². The molecule has 0 radical (unpaired) electrons. The molecule has 1 unspecified atom stereocenters. The average molecular weight is 339 g/mol. The van der Waals surface area contributed by atoms with E-state index in [0.29, 0.717) is 17.7 Å². The molecule has 0 heterocycles. The molecule has 0 aliphatic heterocycles. The lowest BCUT2D eigenvalue weighted by Gasteiger charge is -2.26. The molecule has 0 saturated carbocycles. The highest BCUT2D eigenvalue weighted by Crippen LogP contribution is 2.13. The fourth-order valence-corrected chi connectivity index (χ4v) is 2.00. The molecule has 0 aromatic heterocycles. The number of rotatable bonds is 10. The van der Waals surface area contributed by atoms with Gasteiger partial charge in [-0.2, -0.15) is 0 Å². The minimum absolute atomic E-state index is 0.00928. The molecule has 0 aromatic carbocycles. The van der Waals surface area contributed by atoms with Crippen molar-refractivity contribution < 1.29 is 29.0 Å². The predicted molar refractivity (Wildman–Crippen MR) is 88.0 cm³/mol. The fraction of sp³-hybridized carbons (Fsp3) is 0.529. The van der Waals surface area contributed by atoms with E-state index in [2.05, 4.69) is 4.74 Å². The van der Waals surface area contributed by atoms with Gasteiger partial charge < -0.3 is 9.84 Å². The van der Waals surface area contributed by atoms with E-state index >= 15 is 0 Å². The van der Waals surface area contributed by atoms with Crippen molar-refractivity contribution in [2.75, 3.05) is 7.11 Å². The Morgan fingerprint density at radius 2 is 1.46 bits per heavy atom. The minimum Gasteiger partial charge on any atom is -0.480 e. The molecular weight excluding hydrogens is 314 g/mol. The highest BCUT2D eigenvalue weighted by atomic mass is 16.5. The van der Waals surface area contributed by atoms with Crippen LogP contribution in [0.4, 0.5) is 0 Å². The molecule has 0 fully saturated rings. The normalized spacial score (nSPS) is 12.3. The van der Waals surface area contributed by atoms with Crippen molar-refractivity contribution in [2.45, 2.75) is 52.0 Å². The number of carbonyl (C=O) groups is 4. The van der Waals surface area contributed by atoms with Gasteiger partial charge in [-0.1, -0.05) is 24.3 Å². The largest absolute Gasteiger partial charge is 0.480 e. The third kappa shape index (κ3) is 7.71. The Kier molecular flexibility index (Phi) is 10.8. The quantitative estimate of drug-likeness (QED) is 0.483. The Hall–Kier alpha value is -2.44. The molecule has 7 nitrogen and oxygen atoms in total. The number of carbonyl (C=O) groups excluding carboxylic acids is 3. The Morgan fingerprint density at radius 1 is 1.00 bits per heavy atom. The molecule has 0 aliphatic rings. The monoisotopic (exact) mass is 339 g/mol. The number of nitrogens with zero attached hydrogens (tertiary/aromatic N) is 1. The van der Waals surface area contributed by atoms with Crippen LogP contribution >= 0.6 is 0 Å². The maximum absolute atomic E-state index is 12.3. The van der Waals surface area contributed by atoms with Crippen molar-refractivity contribution in [3.8, 4) is 0 Å². The molecule has 1 N–H and O–H groups in total. The molecule has 0 aliphatic carbocycles. The van der Waals surface area contributed by atoms with Crippen LogP contribution in [0.15, 0.2) is 24.3 Å². The van der Waals surface area contributed by atoms with Crippen LogP contribution in [0.1, 0.15) is 46.0 Å². The van der Waals surface area contributed by atoms with Gasteiger partial charge in [0.2, 0.25) is 11.8 Å². The molecule has 0 rings (SSSR count). The smallest absolute Gasteiger partial charge is 0.327 e. The topological polar surface area (TPSA) is 101 Å². The summed E-state index contributed by atoms with van der Waals surface area (Å²) in [5.41, 5.74) is 0. The fourth-order valence-electron chi connectivity index (χ4n) is 2.00. The molecule has 0 spiro atoms. The van der Waals surface area contributed by atoms with Crippen molar-refractivity contribution in [3.05, 3.63) is 24.3 Å². The number of imide groups is 1. The summed E-state index contributed by atoms with van der Waals surface area (Å²) < 4.78 is 4.46. The molecule has 2 amide bonds. The van der Waals surface area contributed by atoms with Gasteiger partial charge in [0.15, 0.2) is 0 Å². The molecule has 0 aromatic rings. The van der Waals surface area contributed by atoms with Crippen molar-refractivity contribution >= 4 is 23.8 Å². The minimum atomic E-state index is -1.56. The number of carboxylic acid groups (broad SMARTS) is 1. The first-order chi connectivity index (χ1) is 11.4. The molecular formula is C17H25NO6. The van der Waals surface area contributed by atoms with E-state index in [-0.39, 0.29) is 12.8 Å². The van der Waals surface area contributed by atoms with E-state index in [1.165, 1.54) is 0 Å². The van der Waals surface area contributed by atoms with Crippen LogP contribution in [0.25, 0.3) is 0 Å². The Labute approximate surface area is 142 Å². The zero-order valence-corrected chi connectivity index (χ0v) is 14.4. The Morgan fingerprint density at radius 3 is 1.79 bits per heavy atom. The van der Waals surface area contributed by atoms with E-state index in [0.717, 1.165) is 7.11 Å². The van der Waals surface area contributed by atoms with Crippen LogP contribution in [0.3, 0.4) is 0 Å². The third-order valence-corrected chi connectivity index (χ3v) is 3.24. The molecule has 134 valence electrons. The second kappa shape index (κ2) is 12.0. The van der Waals surface area contributed by atoms with Crippen LogP contribution in [0.2, 0.25) is 0 Å². The number of aliphatic carboxylic acids is 1. The summed E-state index contributed by atoms with van der Waals surface area (Å²) in [6.07, 6.45) is 7.19. The molecule has 0 saturated heterocycles. The van der Waals surface area contributed by atoms with Crippen LogP contribution in [-0.2, 0) is 23.9 Å². The Bertz CT molecular complexity index is 481. The molecule has 1 atom stereocenters. The second-order valence-corrected chi connectivity index (χ2v) is 5.01. The van der Waals surface area contributed by atoms with Crippen LogP contribution in [0, 0.1) is 0 Å². The number of hydrogen-bond donors (Lipinski definition) is 1. The van der Waals surface area contributed by atoms with Gasteiger partial charge in [-0.15, -0.1) is 0 Å². The molecule has 24 heavy (non-hydrogen) atoms. The number of esters is 1. The first-order valence-corrected chi connectivity index (χ1v) is 7.75. The zero-order chi connectivity index (χ0) is 18.5. The van der Waals surface area contributed by atoms with Crippen LogP contribution in [-0.4, -0.2) is 46.9 Å². The summed E-state index contributed by atoms with van der Waals surface area (Å²) in [4.78, 5) is 48.3. The standard InChI is InChI=1S/C17H25NO6/c1-4-6-8-10-14(19)18(15(20)11-9-7-5-2)13(17(22)23)12-16(21)24-3/h4-7,13H,8-12H2,1-3H3,(H,22,23)/b6-4+,7-5+. The summed E-state index contributed by atoms with van der Waals surface area (Å²) >= 11 is 0. The van der Waals surface area contributed by atoms with Crippen molar-refractivity contribution in [2.24, 2.45) is 0 Å². The first-order valence-electron chi connectivity index (χ1n) is 7.75. The highest BCUT2D eigenvalue weighted by Gasteiger charge is 2.35. The van der Waals surface area contributed by atoms with Gasteiger partial charge >= 0.3 is 11.9 Å².